The van der Waals surface area contributed by atoms with Crippen LogP contribution in [0.15, 0.2) is 120 Å². The number of hydrogen-bond donors (Lipinski definition) is 0. The van der Waals surface area contributed by atoms with Gasteiger partial charge in [0.05, 0.1) is 11.0 Å². The van der Waals surface area contributed by atoms with E-state index in [0.29, 0.717) is 0 Å². The lowest BCUT2D eigenvalue weighted by Crippen LogP contribution is -2.60. The molecular weight excluding hydrogens is 787 g/mol. The molecule has 4 heteroatoms. The highest BCUT2D eigenvalue weighted by Gasteiger charge is 2.49. The first-order valence-electron chi connectivity index (χ1n) is 24.1. The molecule has 2 aliphatic heterocycles. The summed E-state index contributed by atoms with van der Waals surface area (Å²) in [6.45, 7) is 28.6. The molecule has 7 aromatic carbocycles. The summed E-state index contributed by atoms with van der Waals surface area (Å²) in [4.78, 5) is 2.70. The Hall–Kier alpha value is -6.00. The van der Waals surface area contributed by atoms with Gasteiger partial charge in [-0.25, -0.2) is 0 Å². The Bertz CT molecular complexity index is 3600. The van der Waals surface area contributed by atoms with Crippen LogP contribution in [0.5, 0.6) is 0 Å². The topological polar surface area (TPSA) is 21.3 Å². The molecule has 13 rings (SSSR count). The van der Waals surface area contributed by atoms with Crippen LogP contribution in [0.3, 0.4) is 0 Å². The molecule has 0 N–H and O–H groups in total. The van der Waals surface area contributed by atoms with Crippen LogP contribution in [0.2, 0.25) is 0 Å². The van der Waals surface area contributed by atoms with E-state index >= 15 is 0 Å². The van der Waals surface area contributed by atoms with Gasteiger partial charge in [-0.3, -0.25) is 0 Å². The number of rotatable bonds is 1. The summed E-state index contributed by atoms with van der Waals surface area (Å²) in [6, 6.07) is 45.2. The van der Waals surface area contributed by atoms with Gasteiger partial charge in [0.1, 0.15) is 11.2 Å². The van der Waals surface area contributed by atoms with E-state index in [2.05, 4.69) is 208 Å². The van der Waals surface area contributed by atoms with Gasteiger partial charge in [0.2, 0.25) is 0 Å². The second kappa shape index (κ2) is 12.3. The maximum absolute atomic E-state index is 7.36. The Kier molecular flexibility index (Phi) is 7.43. The fourth-order valence-electron chi connectivity index (χ4n) is 12.9. The first kappa shape index (κ1) is 39.4. The van der Waals surface area contributed by atoms with Crippen LogP contribution in [-0.4, -0.2) is 11.4 Å². The van der Waals surface area contributed by atoms with Crippen LogP contribution in [0.1, 0.15) is 129 Å². The molecule has 0 amide bonds. The maximum atomic E-state index is 7.36. The Balaban J connectivity index is 1.28. The molecule has 3 nitrogen and oxygen atoms in total. The van der Waals surface area contributed by atoms with E-state index in [1.807, 2.05) is 0 Å². The molecule has 0 bridgehead atoms. The fraction of sp³-hybridized carbons (Fsp3) is 0.311. The van der Waals surface area contributed by atoms with Gasteiger partial charge in [-0.05, 0) is 138 Å². The normalized spacial score (nSPS) is 17.4. The first-order valence-corrected chi connectivity index (χ1v) is 24.1. The van der Waals surface area contributed by atoms with Crippen molar-refractivity contribution in [1.82, 2.24) is 4.57 Å². The molecule has 4 aliphatic rings. The van der Waals surface area contributed by atoms with Gasteiger partial charge in [0.25, 0.3) is 0 Å². The minimum atomic E-state index is -0.164. The summed E-state index contributed by atoms with van der Waals surface area (Å²) < 4.78 is 10.1. The smallest absolute Gasteiger partial charge is 0.333 e. The molecule has 0 fully saturated rings. The quantitative estimate of drug-likeness (QED) is 0.154. The van der Waals surface area contributed by atoms with Crippen molar-refractivity contribution in [2.45, 2.75) is 123 Å². The third-order valence-corrected chi connectivity index (χ3v) is 16.7. The number of anilines is 2. The van der Waals surface area contributed by atoms with Gasteiger partial charge in [0, 0.05) is 55.1 Å². The lowest BCUT2D eigenvalue weighted by molar-refractivity contribution is 0.332. The molecule has 65 heavy (non-hydrogen) atoms. The monoisotopic (exact) mass is 846 g/mol. The average molecular weight is 847 g/mol. The number of benzene rings is 7. The molecule has 0 unspecified atom stereocenters. The minimum absolute atomic E-state index is 0.0351. The molecule has 0 atom stereocenters. The second-order valence-corrected chi connectivity index (χ2v) is 24.0. The van der Waals surface area contributed by atoms with Gasteiger partial charge in [-0.2, -0.15) is 0 Å². The highest BCUT2D eigenvalue weighted by molar-refractivity contribution is 6.94. The van der Waals surface area contributed by atoms with Gasteiger partial charge < -0.3 is 13.8 Å². The SMILES string of the molecule is CC(C)(C)c1ccc(N2B3c4cc5c(cc4-n4c6cc7c(cc6c6c8c(oc9ccccc98)c(c3c64)-c3cc(C(C)(C)C)ccc32)C(C)(C)CCC7(C)C)-c2ccccc2C5(C)C)cc1. The van der Waals surface area contributed by atoms with Crippen LogP contribution >= 0.6 is 0 Å². The number of fused-ring (bicyclic) bond motifs is 17. The number of aromatic nitrogens is 1. The largest absolute Gasteiger partial charge is 0.455 e. The van der Waals surface area contributed by atoms with E-state index in [1.54, 1.807) is 0 Å². The van der Waals surface area contributed by atoms with Crippen molar-refractivity contribution < 1.29 is 4.42 Å². The van der Waals surface area contributed by atoms with Crippen LogP contribution < -0.4 is 15.7 Å². The summed E-state index contributed by atoms with van der Waals surface area (Å²) >= 11 is 0. The molecule has 0 saturated heterocycles. The number of furan rings is 1. The van der Waals surface area contributed by atoms with Crippen LogP contribution in [0.25, 0.3) is 71.7 Å². The van der Waals surface area contributed by atoms with Crippen LogP contribution in [0.4, 0.5) is 11.4 Å². The van der Waals surface area contributed by atoms with Crippen LogP contribution in [0, 0.1) is 0 Å². The van der Waals surface area contributed by atoms with Crippen molar-refractivity contribution in [1.29, 1.82) is 0 Å². The fourth-order valence-corrected chi connectivity index (χ4v) is 12.9. The molecule has 9 aromatic rings. The van der Waals surface area contributed by atoms with E-state index in [0.717, 1.165) is 11.2 Å². The number of nitrogens with zero attached hydrogens (tertiary/aromatic N) is 2. The molecule has 4 heterocycles. The van der Waals surface area contributed by atoms with E-state index in [4.69, 9.17) is 4.42 Å². The summed E-state index contributed by atoms with van der Waals surface area (Å²) in [5.41, 5.74) is 24.5. The lowest BCUT2D eigenvalue weighted by atomic mass is 9.43. The molecule has 322 valence electrons. The zero-order chi connectivity index (χ0) is 45.1. The van der Waals surface area contributed by atoms with E-state index < -0.39 is 0 Å². The van der Waals surface area contributed by atoms with Crippen molar-refractivity contribution in [2.75, 3.05) is 4.81 Å². The zero-order valence-electron chi connectivity index (χ0n) is 40.3. The number of hydrogen-bond acceptors (Lipinski definition) is 2. The highest BCUT2D eigenvalue weighted by atomic mass is 16.3. The minimum Gasteiger partial charge on any atom is -0.455 e. The van der Waals surface area contributed by atoms with E-state index in [9.17, 15) is 0 Å². The Morgan fingerprint density at radius 1 is 0.554 bits per heavy atom. The van der Waals surface area contributed by atoms with Gasteiger partial charge >= 0.3 is 6.85 Å². The average Bonchev–Trinajstić information content (AvgIpc) is 3.88. The van der Waals surface area contributed by atoms with Crippen molar-refractivity contribution in [2.24, 2.45) is 0 Å². The summed E-state index contributed by atoms with van der Waals surface area (Å²) in [7, 11) is 0. The van der Waals surface area contributed by atoms with Gasteiger partial charge in [-0.1, -0.05) is 150 Å². The summed E-state index contributed by atoms with van der Waals surface area (Å²) in [6.07, 6.45) is 2.33. The van der Waals surface area contributed by atoms with Gasteiger partial charge in [0.15, 0.2) is 0 Å². The van der Waals surface area contributed by atoms with Crippen molar-refractivity contribution in [3.05, 3.63) is 149 Å². The maximum Gasteiger partial charge on any atom is 0.333 e. The predicted octanol–water partition coefficient (Wildman–Crippen LogP) is 15.2. The standard InChI is InChI=1S/C61H59BN2O/c1-57(2,3)34-21-24-36(25-22-34)64-47-26-23-35(58(4,5)6)29-40(47)53-54-55-51(52-38-18-14-16-20-50(38)65-56(52)53)41-30-44-45(60(9,10)28-27-59(44,7)8)33-48(41)63(55)49-31-39-37-17-13-15-19-42(37)61(11,12)43(39)32-46(49)62(54)64/h13-26,29-33H,27-28H2,1-12H3. The number of para-hydroxylation sites is 1. The first-order chi connectivity index (χ1) is 30.8. The zero-order valence-corrected chi connectivity index (χ0v) is 40.3. The van der Waals surface area contributed by atoms with Crippen molar-refractivity contribution in [3.63, 3.8) is 0 Å². The molecular formula is C61H59BN2O. The van der Waals surface area contributed by atoms with E-state index in [-0.39, 0.29) is 33.9 Å². The Labute approximate surface area is 384 Å². The highest BCUT2D eigenvalue weighted by Crippen LogP contribution is 2.56. The van der Waals surface area contributed by atoms with Crippen molar-refractivity contribution >= 4 is 72.9 Å². The third kappa shape index (κ3) is 5.04. The molecule has 2 aromatic heterocycles. The van der Waals surface area contributed by atoms with Crippen molar-refractivity contribution in [3.8, 4) is 27.9 Å². The third-order valence-electron chi connectivity index (χ3n) is 16.7. The Morgan fingerprint density at radius 3 is 1.94 bits per heavy atom. The molecule has 2 aliphatic carbocycles. The van der Waals surface area contributed by atoms with Crippen LogP contribution in [-0.2, 0) is 27.1 Å². The van der Waals surface area contributed by atoms with E-state index in [1.165, 1.54) is 129 Å². The summed E-state index contributed by atoms with van der Waals surface area (Å²) in [5, 5.41) is 5.06. The van der Waals surface area contributed by atoms with Gasteiger partial charge in [-0.15, -0.1) is 0 Å². The molecule has 0 spiro atoms. The lowest BCUT2D eigenvalue weighted by Gasteiger charge is -2.43. The second-order valence-electron chi connectivity index (χ2n) is 24.0. The predicted molar refractivity (Wildman–Crippen MR) is 277 cm³/mol. The summed E-state index contributed by atoms with van der Waals surface area (Å²) in [5.74, 6) is 0. The molecule has 0 saturated carbocycles. The molecule has 0 radical (unpaired) electrons. The Morgan fingerprint density at radius 2 is 1.22 bits per heavy atom.